The van der Waals surface area contributed by atoms with Crippen LogP contribution in [0.3, 0.4) is 0 Å². The van der Waals surface area contributed by atoms with Crippen molar-refractivity contribution in [2.75, 3.05) is 26.9 Å². The molecule has 0 unspecified atom stereocenters. The predicted molar refractivity (Wildman–Crippen MR) is 134 cm³/mol. The summed E-state index contributed by atoms with van der Waals surface area (Å²) in [7, 11) is 1.72. The van der Waals surface area contributed by atoms with E-state index >= 15 is 0 Å². The van der Waals surface area contributed by atoms with Gasteiger partial charge in [0.15, 0.2) is 11.6 Å². The predicted octanol–water partition coefficient (Wildman–Crippen LogP) is 5.81. The van der Waals surface area contributed by atoms with Gasteiger partial charge in [-0.3, -0.25) is 9.59 Å². The van der Waals surface area contributed by atoms with Gasteiger partial charge >= 0.3 is 0 Å². The molecule has 3 aliphatic rings. The maximum Gasteiger partial charge on any atom is 0.162 e. The van der Waals surface area contributed by atoms with Crippen molar-refractivity contribution in [3.8, 4) is 5.75 Å². The number of para-hydroxylation sites is 1. The van der Waals surface area contributed by atoms with Crippen LogP contribution in [-0.2, 0) is 14.3 Å². The molecule has 0 N–H and O–H groups in total. The van der Waals surface area contributed by atoms with Gasteiger partial charge in [-0.05, 0) is 43.1 Å². The fourth-order valence-corrected chi connectivity index (χ4v) is 6.00. The van der Waals surface area contributed by atoms with Crippen LogP contribution in [-0.4, -0.2) is 43.3 Å². The third-order valence-electron chi connectivity index (χ3n) is 7.28. The standard InChI is InChI=1S/C29H39NO4/c1-7-34-24-12-9-8-11-19(24)25-26-20(15-28(2,3)17-22(26)31)30(13-10-14-33-6)21-16-29(4,5)18-23(32)27(21)25/h8-9,11-12,25H,7,10,13-18H2,1-6H3. The van der Waals surface area contributed by atoms with E-state index in [9.17, 15) is 9.59 Å². The van der Waals surface area contributed by atoms with Crippen molar-refractivity contribution in [2.24, 2.45) is 10.8 Å². The Morgan fingerprint density at radius 2 is 1.47 bits per heavy atom. The van der Waals surface area contributed by atoms with Gasteiger partial charge in [-0.2, -0.15) is 0 Å². The second kappa shape index (κ2) is 9.33. The lowest BCUT2D eigenvalue weighted by molar-refractivity contribution is -0.119. The number of allylic oxidation sites excluding steroid dienone is 4. The first kappa shape index (κ1) is 24.7. The van der Waals surface area contributed by atoms with Gasteiger partial charge in [-0.15, -0.1) is 0 Å². The van der Waals surface area contributed by atoms with Gasteiger partial charge in [0, 0.05) is 67.1 Å². The highest BCUT2D eigenvalue weighted by atomic mass is 16.5. The SMILES string of the molecule is CCOc1ccccc1C1C2=C(CC(C)(C)CC2=O)N(CCCOC)C2=C1C(=O)CC(C)(C)C2. The minimum Gasteiger partial charge on any atom is -0.494 e. The van der Waals surface area contributed by atoms with Gasteiger partial charge in [-0.25, -0.2) is 0 Å². The average Bonchev–Trinajstić information content (AvgIpc) is 2.73. The van der Waals surface area contributed by atoms with Gasteiger partial charge < -0.3 is 14.4 Å². The van der Waals surface area contributed by atoms with Crippen molar-refractivity contribution in [3.05, 3.63) is 52.4 Å². The van der Waals surface area contributed by atoms with E-state index in [0.29, 0.717) is 26.1 Å². The Labute approximate surface area is 204 Å². The van der Waals surface area contributed by atoms with Gasteiger partial charge in [0.05, 0.1) is 6.61 Å². The Hall–Kier alpha value is -2.40. The largest absolute Gasteiger partial charge is 0.494 e. The summed E-state index contributed by atoms with van der Waals surface area (Å²) in [4.78, 5) is 29.9. The monoisotopic (exact) mass is 465 g/mol. The molecular formula is C29H39NO4. The number of carbonyl (C=O) groups excluding carboxylic acids is 2. The van der Waals surface area contributed by atoms with E-state index in [4.69, 9.17) is 9.47 Å². The van der Waals surface area contributed by atoms with Crippen LogP contribution in [0, 0.1) is 10.8 Å². The van der Waals surface area contributed by atoms with E-state index in [1.165, 1.54) is 0 Å². The van der Waals surface area contributed by atoms with Crippen molar-refractivity contribution in [3.63, 3.8) is 0 Å². The van der Waals surface area contributed by atoms with E-state index in [1.807, 2.05) is 31.2 Å². The van der Waals surface area contributed by atoms with Gasteiger partial charge in [-0.1, -0.05) is 45.9 Å². The first-order valence-electron chi connectivity index (χ1n) is 12.6. The fourth-order valence-electron chi connectivity index (χ4n) is 6.00. The van der Waals surface area contributed by atoms with Crippen LogP contribution in [0.4, 0.5) is 0 Å². The van der Waals surface area contributed by atoms with Crippen molar-refractivity contribution in [1.29, 1.82) is 0 Å². The summed E-state index contributed by atoms with van der Waals surface area (Å²) in [5.74, 6) is 0.711. The van der Waals surface area contributed by atoms with Crippen LogP contribution >= 0.6 is 0 Å². The maximum atomic E-state index is 13.8. The Bertz CT molecular complexity index is 992. The zero-order valence-electron chi connectivity index (χ0n) is 21.6. The molecule has 1 aromatic carbocycles. The van der Waals surface area contributed by atoms with E-state index in [2.05, 4.69) is 32.6 Å². The number of nitrogens with zero attached hydrogens (tertiary/aromatic N) is 1. The Kier molecular flexibility index (Phi) is 6.78. The summed E-state index contributed by atoms with van der Waals surface area (Å²) in [6.45, 7) is 12.6. The Balaban J connectivity index is 1.97. The van der Waals surface area contributed by atoms with Gasteiger partial charge in [0.2, 0.25) is 0 Å². The van der Waals surface area contributed by atoms with Crippen LogP contribution in [0.25, 0.3) is 0 Å². The first-order valence-corrected chi connectivity index (χ1v) is 12.6. The van der Waals surface area contributed by atoms with Crippen LogP contribution < -0.4 is 4.74 Å². The zero-order valence-corrected chi connectivity index (χ0v) is 21.6. The first-order chi connectivity index (χ1) is 16.1. The molecule has 0 radical (unpaired) electrons. The van der Waals surface area contributed by atoms with E-state index < -0.39 is 0 Å². The molecule has 184 valence electrons. The molecule has 5 heteroatoms. The average molecular weight is 466 g/mol. The van der Waals surface area contributed by atoms with Crippen LogP contribution in [0.2, 0.25) is 0 Å². The third kappa shape index (κ3) is 4.59. The second-order valence-corrected chi connectivity index (χ2v) is 11.5. The minimum atomic E-state index is -0.362. The Morgan fingerprint density at radius 1 is 0.912 bits per heavy atom. The number of rotatable bonds is 7. The normalized spacial score (nSPS) is 22.1. The topological polar surface area (TPSA) is 55.8 Å². The summed E-state index contributed by atoms with van der Waals surface area (Å²) in [5, 5.41) is 0. The highest BCUT2D eigenvalue weighted by molar-refractivity contribution is 6.07. The second-order valence-electron chi connectivity index (χ2n) is 11.5. The number of ketones is 2. The van der Waals surface area contributed by atoms with Crippen LogP contribution in [0.5, 0.6) is 5.75 Å². The smallest absolute Gasteiger partial charge is 0.162 e. The summed E-state index contributed by atoms with van der Waals surface area (Å²) in [5.41, 5.74) is 4.49. The molecule has 2 aliphatic carbocycles. The van der Waals surface area contributed by atoms with E-state index in [-0.39, 0.29) is 28.3 Å². The summed E-state index contributed by atoms with van der Waals surface area (Å²) in [6, 6.07) is 7.93. The fraction of sp³-hybridized carbons (Fsp3) is 0.586. The van der Waals surface area contributed by atoms with Gasteiger partial charge in [0.25, 0.3) is 0 Å². The summed E-state index contributed by atoms with van der Waals surface area (Å²) in [6.07, 6.45) is 3.47. The molecule has 1 heterocycles. The van der Waals surface area contributed by atoms with Crippen LogP contribution in [0.1, 0.15) is 78.2 Å². The third-order valence-corrected chi connectivity index (χ3v) is 7.28. The molecule has 5 nitrogen and oxygen atoms in total. The molecule has 0 fully saturated rings. The molecule has 34 heavy (non-hydrogen) atoms. The Morgan fingerprint density at radius 3 is 2.00 bits per heavy atom. The zero-order chi connectivity index (χ0) is 24.7. The number of ether oxygens (including phenoxy) is 2. The van der Waals surface area contributed by atoms with Crippen molar-refractivity contribution in [1.82, 2.24) is 4.90 Å². The number of Topliss-reactive ketones (excluding diaryl/α,β-unsaturated/α-hetero) is 2. The molecule has 1 aliphatic heterocycles. The maximum absolute atomic E-state index is 13.8. The highest BCUT2D eigenvalue weighted by Crippen LogP contribution is 2.55. The molecule has 0 aromatic heterocycles. The lowest BCUT2D eigenvalue weighted by Crippen LogP contribution is -2.44. The number of benzene rings is 1. The number of carbonyl (C=O) groups is 2. The quantitative estimate of drug-likeness (QED) is 0.476. The molecule has 0 saturated heterocycles. The van der Waals surface area contributed by atoms with Crippen molar-refractivity contribution < 1.29 is 19.1 Å². The lowest BCUT2D eigenvalue weighted by Gasteiger charge is -2.49. The minimum absolute atomic E-state index is 0.119. The van der Waals surface area contributed by atoms with E-state index in [0.717, 1.165) is 59.7 Å². The number of hydrogen-bond donors (Lipinski definition) is 0. The molecule has 0 spiro atoms. The number of methoxy groups -OCH3 is 1. The molecule has 4 rings (SSSR count). The van der Waals surface area contributed by atoms with E-state index in [1.54, 1.807) is 7.11 Å². The highest BCUT2D eigenvalue weighted by Gasteiger charge is 2.49. The van der Waals surface area contributed by atoms with Crippen LogP contribution in [0.15, 0.2) is 46.8 Å². The van der Waals surface area contributed by atoms with Gasteiger partial charge in [0.1, 0.15) is 5.75 Å². The van der Waals surface area contributed by atoms with Crippen molar-refractivity contribution >= 4 is 11.6 Å². The molecule has 0 saturated carbocycles. The van der Waals surface area contributed by atoms with Crippen molar-refractivity contribution in [2.45, 2.75) is 72.6 Å². The molecule has 0 amide bonds. The molecular weight excluding hydrogens is 426 g/mol. The molecule has 1 aromatic rings. The summed E-state index contributed by atoms with van der Waals surface area (Å²) < 4.78 is 11.4. The molecule has 0 bridgehead atoms. The lowest BCUT2D eigenvalue weighted by atomic mass is 9.63. The summed E-state index contributed by atoms with van der Waals surface area (Å²) >= 11 is 0. The molecule has 0 atom stereocenters. The number of hydrogen-bond acceptors (Lipinski definition) is 5.